The second-order valence-electron chi connectivity index (χ2n) is 9.92. The van der Waals surface area contributed by atoms with E-state index in [-0.39, 0.29) is 28.5 Å². The van der Waals surface area contributed by atoms with E-state index in [1.807, 2.05) is 13.8 Å². The van der Waals surface area contributed by atoms with Gasteiger partial charge in [-0.3, -0.25) is 0 Å². The van der Waals surface area contributed by atoms with Crippen molar-refractivity contribution in [1.29, 1.82) is 0 Å². The molecule has 0 unspecified atom stereocenters. The first-order valence-corrected chi connectivity index (χ1v) is 9.87. The summed E-state index contributed by atoms with van der Waals surface area (Å²) in [6.07, 6.45) is 8.67. The van der Waals surface area contributed by atoms with E-state index < -0.39 is 0 Å². The van der Waals surface area contributed by atoms with Gasteiger partial charge in [-0.1, -0.05) is 41.5 Å². The Morgan fingerprint density at radius 2 is 1.12 bits per heavy atom. The topological polar surface area (TPSA) is 12.0 Å². The SMILES string of the molecule is CC.CC1(C)CCC(C)(C)C(C2CC2)(C2CC2)C(C)(C)CN1.[CH3-].[W]. The van der Waals surface area contributed by atoms with Crippen LogP contribution in [0.3, 0.4) is 0 Å². The van der Waals surface area contributed by atoms with Gasteiger partial charge in [-0.15, -0.1) is 0 Å². The Balaban J connectivity index is 0.00000128. The van der Waals surface area contributed by atoms with Gasteiger partial charge < -0.3 is 12.7 Å². The predicted octanol–water partition coefficient (Wildman–Crippen LogP) is 6.48. The van der Waals surface area contributed by atoms with Crippen LogP contribution in [0.4, 0.5) is 0 Å². The van der Waals surface area contributed by atoms with Crippen molar-refractivity contribution >= 4 is 0 Å². The molecule has 1 saturated heterocycles. The first-order chi connectivity index (χ1) is 10.1. The fourth-order valence-electron chi connectivity index (χ4n) is 6.06. The Morgan fingerprint density at radius 1 is 0.708 bits per heavy atom. The molecule has 0 bridgehead atoms. The van der Waals surface area contributed by atoms with E-state index in [0.29, 0.717) is 21.8 Å². The molecule has 2 aliphatic carbocycles. The van der Waals surface area contributed by atoms with Crippen LogP contribution in [0.5, 0.6) is 0 Å². The standard InChI is InChI=1S/C19H35N.C2H6.CH3.W/c1-16(2)11-12-18(5,6)20-13-17(3,4)19(16,14-7-8-14)15-9-10-15;1-2;;/h14-15,20H,7-13H2,1-6H3;1-2H3;1H3;/q;;-1;. The zero-order chi connectivity index (χ0) is 16.8. The van der Waals surface area contributed by atoms with E-state index in [1.54, 1.807) is 0 Å². The molecule has 1 N–H and O–H groups in total. The summed E-state index contributed by atoms with van der Waals surface area (Å²) < 4.78 is 0. The van der Waals surface area contributed by atoms with E-state index in [9.17, 15) is 0 Å². The molecule has 3 aliphatic rings. The second-order valence-corrected chi connectivity index (χ2v) is 9.92. The van der Waals surface area contributed by atoms with E-state index in [1.165, 1.54) is 45.1 Å². The molecular weight excluding hydrogens is 462 g/mol. The van der Waals surface area contributed by atoms with Crippen LogP contribution in [-0.4, -0.2) is 12.1 Å². The monoisotopic (exact) mass is 506 g/mol. The Kier molecular flexibility index (Phi) is 8.34. The van der Waals surface area contributed by atoms with Crippen molar-refractivity contribution in [3.63, 3.8) is 0 Å². The Bertz CT molecular complexity index is 353. The quantitative estimate of drug-likeness (QED) is 0.423. The van der Waals surface area contributed by atoms with Crippen molar-refractivity contribution < 1.29 is 21.1 Å². The van der Waals surface area contributed by atoms with E-state index >= 15 is 0 Å². The van der Waals surface area contributed by atoms with Gasteiger partial charge >= 0.3 is 0 Å². The normalized spacial score (nSPS) is 29.5. The molecule has 1 heterocycles. The van der Waals surface area contributed by atoms with Gasteiger partial charge in [0.05, 0.1) is 0 Å². The molecule has 0 atom stereocenters. The molecule has 0 amide bonds. The largest absolute Gasteiger partial charge is 0.358 e. The van der Waals surface area contributed by atoms with Crippen LogP contribution in [0, 0.1) is 35.5 Å². The van der Waals surface area contributed by atoms with Crippen LogP contribution in [0.1, 0.15) is 93.9 Å². The molecular formula is C22H44NW-. The van der Waals surface area contributed by atoms with Crippen molar-refractivity contribution in [2.75, 3.05) is 6.54 Å². The summed E-state index contributed by atoms with van der Waals surface area (Å²) in [5.74, 6) is 2.01. The Morgan fingerprint density at radius 3 is 1.50 bits per heavy atom. The molecule has 0 spiro atoms. The van der Waals surface area contributed by atoms with E-state index in [2.05, 4.69) is 46.9 Å². The van der Waals surface area contributed by atoms with Crippen molar-refractivity contribution in [1.82, 2.24) is 5.32 Å². The van der Waals surface area contributed by atoms with Gasteiger partial charge in [0.2, 0.25) is 0 Å². The summed E-state index contributed by atoms with van der Waals surface area (Å²) >= 11 is 0. The fraction of sp³-hybridized carbons (Fsp3) is 0.955. The second kappa shape index (κ2) is 8.12. The van der Waals surface area contributed by atoms with Gasteiger partial charge in [0.1, 0.15) is 0 Å². The number of rotatable bonds is 2. The van der Waals surface area contributed by atoms with Crippen molar-refractivity contribution in [2.45, 2.75) is 99.5 Å². The summed E-state index contributed by atoms with van der Waals surface area (Å²) in [6.45, 7) is 20.3. The summed E-state index contributed by atoms with van der Waals surface area (Å²) in [4.78, 5) is 0. The van der Waals surface area contributed by atoms with E-state index in [0.717, 1.165) is 11.8 Å². The number of nitrogens with one attached hydrogen (secondary N) is 1. The van der Waals surface area contributed by atoms with Gasteiger partial charge in [0.15, 0.2) is 0 Å². The van der Waals surface area contributed by atoms with Gasteiger partial charge in [-0.25, -0.2) is 0 Å². The summed E-state index contributed by atoms with van der Waals surface area (Å²) in [5, 5.41) is 3.91. The molecule has 0 radical (unpaired) electrons. The smallest absolute Gasteiger partial charge is 0.0125 e. The number of hydrogen-bond acceptors (Lipinski definition) is 1. The van der Waals surface area contributed by atoms with Crippen LogP contribution >= 0.6 is 0 Å². The maximum absolute atomic E-state index is 3.91. The maximum atomic E-state index is 3.91. The minimum Gasteiger partial charge on any atom is -0.358 e. The average molecular weight is 506 g/mol. The molecule has 1 nitrogen and oxygen atoms in total. The third-order valence-corrected chi connectivity index (χ3v) is 7.07. The fourth-order valence-corrected chi connectivity index (χ4v) is 6.06. The molecule has 0 aromatic rings. The summed E-state index contributed by atoms with van der Waals surface area (Å²) in [7, 11) is 0. The van der Waals surface area contributed by atoms with Crippen LogP contribution in [0.2, 0.25) is 0 Å². The molecule has 24 heavy (non-hydrogen) atoms. The van der Waals surface area contributed by atoms with Gasteiger partial charge in [-0.2, -0.15) is 0 Å². The minimum atomic E-state index is 0. The average Bonchev–Trinajstić information content (AvgIpc) is 3.30. The molecule has 2 heteroatoms. The zero-order valence-corrected chi connectivity index (χ0v) is 20.9. The van der Waals surface area contributed by atoms with Crippen LogP contribution < -0.4 is 5.32 Å². The maximum Gasteiger partial charge on any atom is 0.0125 e. The summed E-state index contributed by atoms with van der Waals surface area (Å²) in [5.41, 5.74) is 1.77. The molecule has 144 valence electrons. The predicted molar refractivity (Wildman–Crippen MR) is 105 cm³/mol. The van der Waals surface area contributed by atoms with Crippen molar-refractivity contribution in [3.8, 4) is 0 Å². The van der Waals surface area contributed by atoms with E-state index in [4.69, 9.17) is 0 Å². The molecule has 3 rings (SSSR count). The molecule has 0 aromatic heterocycles. The van der Waals surface area contributed by atoms with Gasteiger partial charge in [0, 0.05) is 33.1 Å². The van der Waals surface area contributed by atoms with Gasteiger partial charge in [0.25, 0.3) is 0 Å². The molecule has 3 fully saturated rings. The first kappa shape index (κ1) is 24.6. The molecule has 0 aromatic carbocycles. The van der Waals surface area contributed by atoms with Crippen LogP contribution in [0.25, 0.3) is 0 Å². The summed E-state index contributed by atoms with van der Waals surface area (Å²) in [6, 6.07) is 0. The Labute approximate surface area is 167 Å². The van der Waals surface area contributed by atoms with Gasteiger partial charge in [-0.05, 0) is 80.5 Å². The van der Waals surface area contributed by atoms with Crippen molar-refractivity contribution in [2.24, 2.45) is 28.1 Å². The van der Waals surface area contributed by atoms with Crippen molar-refractivity contribution in [3.05, 3.63) is 7.43 Å². The number of hydrogen-bond donors (Lipinski definition) is 1. The van der Waals surface area contributed by atoms with Crippen LogP contribution in [-0.2, 0) is 21.1 Å². The zero-order valence-electron chi connectivity index (χ0n) is 18.0. The third kappa shape index (κ3) is 4.14. The minimum absolute atomic E-state index is 0. The first-order valence-electron chi connectivity index (χ1n) is 9.87. The third-order valence-electron chi connectivity index (χ3n) is 7.07. The Hall–Kier alpha value is 0.648. The van der Waals surface area contributed by atoms with Crippen LogP contribution in [0.15, 0.2) is 0 Å². The molecule has 1 aliphatic heterocycles. The molecule has 2 saturated carbocycles.